The average molecular weight is 231 g/mol. The number of nitrogens with zero attached hydrogens (tertiary/aromatic N) is 1. The molecule has 1 amide bonds. The zero-order chi connectivity index (χ0) is 11.7. The molecule has 2 aliphatic rings. The maximum absolute atomic E-state index is 10.8. The molecule has 3 heteroatoms. The first-order chi connectivity index (χ1) is 8.36. The Balaban J connectivity index is 1.82. The van der Waals surface area contributed by atoms with Crippen LogP contribution in [0.15, 0.2) is 18.2 Å². The number of hydrogen-bond donors (Lipinski definition) is 0. The first-order valence-corrected chi connectivity index (χ1v) is 6.25. The average Bonchev–Trinajstić information content (AvgIpc) is 2.81. The number of rotatable bonds is 2. The van der Waals surface area contributed by atoms with Gasteiger partial charge in [0.1, 0.15) is 0 Å². The van der Waals surface area contributed by atoms with E-state index in [2.05, 4.69) is 18.2 Å². The molecule has 1 saturated heterocycles. The van der Waals surface area contributed by atoms with Crippen molar-refractivity contribution in [3.05, 3.63) is 34.9 Å². The van der Waals surface area contributed by atoms with Crippen LogP contribution in [0.2, 0.25) is 0 Å². The van der Waals surface area contributed by atoms with Gasteiger partial charge in [0.2, 0.25) is 6.41 Å². The van der Waals surface area contributed by atoms with E-state index in [0.717, 1.165) is 45.6 Å². The summed E-state index contributed by atoms with van der Waals surface area (Å²) >= 11 is 0. The summed E-state index contributed by atoms with van der Waals surface area (Å²) in [5.41, 5.74) is 4.04. The van der Waals surface area contributed by atoms with Gasteiger partial charge in [-0.1, -0.05) is 18.2 Å². The molecule has 90 valence electrons. The van der Waals surface area contributed by atoms with E-state index in [1.165, 1.54) is 16.7 Å². The Kier molecular flexibility index (Phi) is 2.85. The number of hydrogen-bond acceptors (Lipinski definition) is 2. The van der Waals surface area contributed by atoms with Crippen molar-refractivity contribution in [2.24, 2.45) is 0 Å². The van der Waals surface area contributed by atoms with Crippen molar-refractivity contribution in [2.75, 3.05) is 13.2 Å². The lowest BCUT2D eigenvalue weighted by molar-refractivity contribution is -0.118. The van der Waals surface area contributed by atoms with Crippen molar-refractivity contribution in [1.29, 1.82) is 0 Å². The SMILES string of the molecule is O=CN1Cc2ccc(C3CCOCC3)cc2C1. The summed E-state index contributed by atoms with van der Waals surface area (Å²) in [6.45, 7) is 3.30. The summed E-state index contributed by atoms with van der Waals surface area (Å²) in [5.74, 6) is 0.638. The lowest BCUT2D eigenvalue weighted by Gasteiger charge is -2.22. The van der Waals surface area contributed by atoms with Crippen LogP contribution < -0.4 is 0 Å². The van der Waals surface area contributed by atoms with E-state index in [-0.39, 0.29) is 0 Å². The molecule has 1 aromatic carbocycles. The Hall–Kier alpha value is -1.35. The Morgan fingerprint density at radius 1 is 1.18 bits per heavy atom. The Morgan fingerprint density at radius 2 is 1.94 bits per heavy atom. The summed E-state index contributed by atoms with van der Waals surface area (Å²) in [5, 5.41) is 0. The van der Waals surface area contributed by atoms with Gasteiger partial charge in [-0.25, -0.2) is 0 Å². The van der Waals surface area contributed by atoms with Gasteiger partial charge in [0.15, 0.2) is 0 Å². The number of carbonyl (C=O) groups excluding carboxylic acids is 1. The van der Waals surface area contributed by atoms with Crippen LogP contribution in [0.5, 0.6) is 0 Å². The molecule has 0 N–H and O–H groups in total. The first-order valence-electron chi connectivity index (χ1n) is 6.25. The summed E-state index contributed by atoms with van der Waals surface area (Å²) in [6.07, 6.45) is 3.18. The van der Waals surface area contributed by atoms with Crippen LogP contribution in [0.25, 0.3) is 0 Å². The molecule has 17 heavy (non-hydrogen) atoms. The molecule has 2 heterocycles. The van der Waals surface area contributed by atoms with Crippen LogP contribution in [0.1, 0.15) is 35.4 Å². The smallest absolute Gasteiger partial charge is 0.210 e. The third kappa shape index (κ3) is 2.07. The molecule has 2 aliphatic heterocycles. The minimum Gasteiger partial charge on any atom is -0.381 e. The zero-order valence-electron chi connectivity index (χ0n) is 9.89. The van der Waals surface area contributed by atoms with Crippen LogP contribution in [-0.2, 0) is 22.6 Å². The molecule has 0 aliphatic carbocycles. The molecule has 0 bridgehead atoms. The zero-order valence-corrected chi connectivity index (χ0v) is 9.89. The lowest BCUT2D eigenvalue weighted by Crippen LogP contribution is -2.14. The molecule has 0 radical (unpaired) electrons. The van der Waals surface area contributed by atoms with Gasteiger partial charge in [-0.2, -0.15) is 0 Å². The summed E-state index contributed by atoms with van der Waals surface area (Å²) in [4.78, 5) is 12.6. The molecular weight excluding hydrogens is 214 g/mol. The van der Waals surface area contributed by atoms with Gasteiger partial charge in [-0.05, 0) is 35.4 Å². The van der Waals surface area contributed by atoms with Crippen LogP contribution in [0.4, 0.5) is 0 Å². The van der Waals surface area contributed by atoms with E-state index in [1.54, 1.807) is 0 Å². The van der Waals surface area contributed by atoms with E-state index in [0.29, 0.717) is 5.92 Å². The Bertz CT molecular complexity index is 424. The lowest BCUT2D eigenvalue weighted by atomic mass is 9.90. The third-order valence-electron chi connectivity index (χ3n) is 3.82. The predicted molar refractivity (Wildman–Crippen MR) is 64.5 cm³/mol. The second-order valence-corrected chi connectivity index (χ2v) is 4.93. The fraction of sp³-hybridized carbons (Fsp3) is 0.500. The second-order valence-electron chi connectivity index (χ2n) is 4.93. The summed E-state index contributed by atoms with van der Waals surface area (Å²) in [7, 11) is 0. The predicted octanol–water partition coefficient (Wildman–Crippen LogP) is 2.05. The molecule has 0 atom stereocenters. The minimum atomic E-state index is 0.638. The largest absolute Gasteiger partial charge is 0.381 e. The summed E-state index contributed by atoms with van der Waals surface area (Å²) in [6, 6.07) is 6.70. The van der Waals surface area contributed by atoms with Gasteiger partial charge in [0, 0.05) is 26.3 Å². The van der Waals surface area contributed by atoms with Crippen molar-refractivity contribution >= 4 is 6.41 Å². The fourth-order valence-electron chi connectivity index (χ4n) is 2.80. The van der Waals surface area contributed by atoms with Crippen molar-refractivity contribution in [3.63, 3.8) is 0 Å². The Morgan fingerprint density at radius 3 is 2.71 bits per heavy atom. The highest BCUT2D eigenvalue weighted by atomic mass is 16.5. The number of fused-ring (bicyclic) bond motifs is 1. The maximum atomic E-state index is 10.8. The van der Waals surface area contributed by atoms with Crippen LogP contribution >= 0.6 is 0 Å². The highest BCUT2D eigenvalue weighted by Crippen LogP contribution is 2.30. The van der Waals surface area contributed by atoms with Gasteiger partial charge in [0.05, 0.1) is 0 Å². The van der Waals surface area contributed by atoms with Gasteiger partial charge in [0.25, 0.3) is 0 Å². The van der Waals surface area contributed by atoms with Gasteiger partial charge in [-0.3, -0.25) is 4.79 Å². The molecule has 1 fully saturated rings. The van der Waals surface area contributed by atoms with E-state index in [4.69, 9.17) is 4.74 Å². The fourth-order valence-corrected chi connectivity index (χ4v) is 2.80. The molecule has 3 rings (SSSR count). The third-order valence-corrected chi connectivity index (χ3v) is 3.82. The topological polar surface area (TPSA) is 29.5 Å². The van der Waals surface area contributed by atoms with Crippen molar-refractivity contribution in [3.8, 4) is 0 Å². The molecule has 0 spiro atoms. The highest BCUT2D eigenvalue weighted by Gasteiger charge is 2.21. The molecule has 1 aromatic rings. The number of ether oxygens (including phenoxy) is 1. The minimum absolute atomic E-state index is 0.638. The second kappa shape index (κ2) is 4.49. The summed E-state index contributed by atoms with van der Waals surface area (Å²) < 4.78 is 5.39. The monoisotopic (exact) mass is 231 g/mol. The Labute approximate surface area is 101 Å². The normalized spacial score (nSPS) is 20.4. The van der Waals surface area contributed by atoms with Crippen molar-refractivity contribution in [2.45, 2.75) is 31.8 Å². The van der Waals surface area contributed by atoms with Crippen LogP contribution in [0.3, 0.4) is 0 Å². The van der Waals surface area contributed by atoms with E-state index >= 15 is 0 Å². The molecule has 3 nitrogen and oxygen atoms in total. The molecule has 0 unspecified atom stereocenters. The highest BCUT2D eigenvalue weighted by molar-refractivity contribution is 5.51. The van der Waals surface area contributed by atoms with E-state index in [9.17, 15) is 4.79 Å². The number of benzene rings is 1. The quantitative estimate of drug-likeness (QED) is 0.729. The van der Waals surface area contributed by atoms with Gasteiger partial charge < -0.3 is 9.64 Å². The van der Waals surface area contributed by atoms with Crippen molar-refractivity contribution in [1.82, 2.24) is 4.90 Å². The van der Waals surface area contributed by atoms with Crippen LogP contribution in [-0.4, -0.2) is 24.5 Å². The van der Waals surface area contributed by atoms with E-state index < -0.39 is 0 Å². The van der Waals surface area contributed by atoms with E-state index in [1.807, 2.05) is 4.90 Å². The van der Waals surface area contributed by atoms with Gasteiger partial charge in [-0.15, -0.1) is 0 Å². The van der Waals surface area contributed by atoms with Crippen LogP contribution in [0, 0.1) is 0 Å². The molecule has 0 aromatic heterocycles. The number of carbonyl (C=O) groups is 1. The standard InChI is InChI=1S/C14H17NO2/c16-10-15-8-13-2-1-12(7-14(13)9-15)11-3-5-17-6-4-11/h1-2,7,10-11H,3-6,8-9H2. The van der Waals surface area contributed by atoms with Crippen molar-refractivity contribution < 1.29 is 9.53 Å². The first kappa shape index (κ1) is 10.8. The molecule has 0 saturated carbocycles. The maximum Gasteiger partial charge on any atom is 0.210 e. The molecular formula is C14H17NO2. The van der Waals surface area contributed by atoms with Gasteiger partial charge >= 0.3 is 0 Å². The number of amides is 1.